The van der Waals surface area contributed by atoms with E-state index < -0.39 is 36.4 Å². The van der Waals surface area contributed by atoms with E-state index in [-0.39, 0.29) is 0 Å². The Morgan fingerprint density at radius 3 is 2.82 bits per heavy atom. The molecule has 11 heteroatoms. The number of halogens is 1. The predicted molar refractivity (Wildman–Crippen MR) is 105 cm³/mol. The lowest BCUT2D eigenvalue weighted by molar-refractivity contribution is -0.178. The zero-order chi connectivity index (χ0) is 19.7. The first-order valence-electron chi connectivity index (χ1n) is 8.39. The summed E-state index contributed by atoms with van der Waals surface area (Å²) in [5.74, 6) is 0. The van der Waals surface area contributed by atoms with Gasteiger partial charge in [-0.25, -0.2) is 4.98 Å². The summed E-state index contributed by atoms with van der Waals surface area (Å²) in [6.45, 7) is -0.393. The maximum absolute atomic E-state index is 10.9. The summed E-state index contributed by atoms with van der Waals surface area (Å²) in [5, 5.41) is 37.9. The molecule has 3 aromatic rings. The summed E-state index contributed by atoms with van der Waals surface area (Å²) < 4.78 is 7.22. The first kappa shape index (κ1) is 19.8. The van der Waals surface area contributed by atoms with Crippen molar-refractivity contribution in [2.45, 2.75) is 34.7 Å². The molecule has 2 unspecified atom stereocenters. The molecule has 0 spiro atoms. The summed E-state index contributed by atoms with van der Waals surface area (Å²) in [4.78, 5) is 8.97. The van der Waals surface area contributed by atoms with Crippen LogP contribution < -0.4 is 0 Å². The van der Waals surface area contributed by atoms with Crippen molar-refractivity contribution in [3.8, 4) is 11.3 Å². The van der Waals surface area contributed by atoms with Crippen molar-refractivity contribution in [3.05, 3.63) is 46.8 Å². The monoisotopic (exact) mass is 440 g/mol. The molecule has 3 N–H and O–H groups in total. The van der Waals surface area contributed by atoms with E-state index in [9.17, 15) is 15.3 Å². The van der Waals surface area contributed by atoms with Gasteiger partial charge in [0.05, 0.1) is 29.0 Å². The van der Waals surface area contributed by atoms with E-state index in [0.29, 0.717) is 9.92 Å². The normalized spacial score (nSPS) is 27.8. The number of aliphatic hydroxyl groups is 3. The number of ether oxygens (including phenoxy) is 1. The van der Waals surface area contributed by atoms with Crippen molar-refractivity contribution in [3.63, 3.8) is 0 Å². The van der Waals surface area contributed by atoms with Crippen LogP contribution >= 0.6 is 34.7 Å². The van der Waals surface area contributed by atoms with Crippen molar-refractivity contribution in [2.75, 3.05) is 6.61 Å². The van der Waals surface area contributed by atoms with Crippen molar-refractivity contribution in [1.29, 1.82) is 0 Å². The summed E-state index contributed by atoms with van der Waals surface area (Å²) in [5.41, 5.74) is 2.51. The van der Waals surface area contributed by atoms with E-state index in [0.717, 1.165) is 11.3 Å². The molecule has 1 aliphatic heterocycles. The minimum atomic E-state index is -1.14. The molecule has 1 fully saturated rings. The molecule has 0 aromatic carbocycles. The number of thioether (sulfide) groups is 1. The smallest absolute Gasteiger partial charge is 0.136 e. The molecule has 3 aromatic heterocycles. The van der Waals surface area contributed by atoms with Crippen molar-refractivity contribution >= 4 is 34.7 Å². The minimum Gasteiger partial charge on any atom is -0.394 e. The van der Waals surface area contributed by atoms with Gasteiger partial charge in [0.2, 0.25) is 0 Å². The topological polar surface area (TPSA) is 114 Å². The predicted octanol–water partition coefficient (Wildman–Crippen LogP) is 1.83. The van der Waals surface area contributed by atoms with Crippen LogP contribution in [-0.4, -0.2) is 65.4 Å². The third-order valence-corrected chi connectivity index (χ3v) is 6.33. The van der Waals surface area contributed by atoms with Gasteiger partial charge in [-0.1, -0.05) is 23.4 Å². The lowest BCUT2D eigenvalue weighted by Gasteiger charge is -2.42. The number of hydrogen-bond acceptors (Lipinski definition) is 9. The second-order valence-corrected chi connectivity index (χ2v) is 8.56. The van der Waals surface area contributed by atoms with Crippen LogP contribution in [0.2, 0.25) is 5.02 Å². The third-order valence-electron chi connectivity index (χ3n) is 4.42. The third kappa shape index (κ3) is 3.94. The van der Waals surface area contributed by atoms with Crippen LogP contribution in [-0.2, 0) is 4.74 Å². The van der Waals surface area contributed by atoms with Gasteiger partial charge >= 0.3 is 0 Å². The van der Waals surface area contributed by atoms with Gasteiger partial charge in [0.1, 0.15) is 29.8 Å². The Bertz CT molecular complexity index is 926. The molecule has 28 heavy (non-hydrogen) atoms. The fraction of sp³-hybridized carbons (Fsp3) is 0.353. The summed E-state index contributed by atoms with van der Waals surface area (Å²) in [6, 6.07) is 0.903. The molecule has 0 amide bonds. The van der Waals surface area contributed by atoms with Gasteiger partial charge in [-0.05, 0) is 6.07 Å². The molecule has 0 saturated carbocycles. The van der Waals surface area contributed by atoms with Crippen LogP contribution in [0, 0.1) is 0 Å². The number of aromatic nitrogens is 4. The Morgan fingerprint density at radius 2 is 2.11 bits per heavy atom. The highest BCUT2D eigenvalue weighted by molar-refractivity contribution is 7.99. The second kappa shape index (κ2) is 8.46. The van der Waals surface area contributed by atoms with Crippen LogP contribution in [0.5, 0.6) is 0 Å². The molecular formula is C17H17ClN4O4S2. The lowest BCUT2D eigenvalue weighted by Crippen LogP contribution is -2.54. The highest BCUT2D eigenvalue weighted by Crippen LogP contribution is 2.38. The van der Waals surface area contributed by atoms with Gasteiger partial charge < -0.3 is 20.1 Å². The van der Waals surface area contributed by atoms with E-state index in [2.05, 4.69) is 15.1 Å². The van der Waals surface area contributed by atoms with Crippen LogP contribution in [0.25, 0.3) is 11.3 Å². The highest BCUT2D eigenvalue weighted by atomic mass is 35.5. The first-order chi connectivity index (χ1) is 13.6. The van der Waals surface area contributed by atoms with Gasteiger partial charge in [0, 0.05) is 34.4 Å². The number of nitrogens with zero attached hydrogens (tertiary/aromatic N) is 4. The number of rotatable bonds is 5. The quantitative estimate of drug-likeness (QED) is 0.550. The van der Waals surface area contributed by atoms with Gasteiger partial charge in [-0.15, -0.1) is 11.3 Å². The zero-order valence-corrected chi connectivity index (χ0v) is 16.8. The summed E-state index contributed by atoms with van der Waals surface area (Å²) in [7, 11) is 0. The molecule has 148 valence electrons. The molecule has 8 nitrogen and oxygen atoms in total. The van der Waals surface area contributed by atoms with E-state index >= 15 is 0 Å². The highest BCUT2D eigenvalue weighted by Gasteiger charge is 2.46. The fourth-order valence-electron chi connectivity index (χ4n) is 3.06. The summed E-state index contributed by atoms with van der Waals surface area (Å²) in [6.07, 6.45) is 3.36. The van der Waals surface area contributed by atoms with Crippen molar-refractivity contribution in [1.82, 2.24) is 19.7 Å². The zero-order valence-electron chi connectivity index (χ0n) is 14.4. The number of hydrogen-bond donors (Lipinski definition) is 3. The molecule has 0 bridgehead atoms. The van der Waals surface area contributed by atoms with Crippen LogP contribution in [0.15, 0.2) is 46.6 Å². The van der Waals surface area contributed by atoms with Crippen molar-refractivity contribution in [2.24, 2.45) is 0 Å². The molecular weight excluding hydrogens is 424 g/mol. The van der Waals surface area contributed by atoms with Gasteiger partial charge in [-0.3, -0.25) is 9.67 Å². The lowest BCUT2D eigenvalue weighted by atomic mass is 9.97. The van der Waals surface area contributed by atoms with E-state index in [1.807, 2.05) is 5.38 Å². The van der Waals surface area contributed by atoms with Crippen LogP contribution in [0.3, 0.4) is 0 Å². The molecule has 5 atom stereocenters. The Kier molecular flexibility index (Phi) is 5.97. The maximum atomic E-state index is 10.9. The first-order valence-corrected chi connectivity index (χ1v) is 10.6. The molecule has 4 rings (SSSR count). The summed E-state index contributed by atoms with van der Waals surface area (Å²) >= 11 is 8.66. The largest absolute Gasteiger partial charge is 0.394 e. The Hall–Kier alpha value is -1.53. The standard InChI is InChI=1S/C17H17ClN4O4S2/c18-10-1-11(4-19-3-10)28-17-16(25)14(15(24)13(6-23)26-17)22-5-9(2-21-22)12-7-27-8-20-12/h1-5,7-8,13-17,23-25H,6H2/t13?,14-,15-,16?,17+/m0/s1. The molecule has 1 saturated heterocycles. The minimum absolute atomic E-state index is 0.393. The second-order valence-electron chi connectivity index (χ2n) is 6.24. The molecule has 0 radical (unpaired) electrons. The van der Waals surface area contributed by atoms with E-state index in [1.165, 1.54) is 34.0 Å². The molecule has 0 aliphatic carbocycles. The Balaban J connectivity index is 1.61. The van der Waals surface area contributed by atoms with Gasteiger partial charge in [0.15, 0.2) is 0 Å². The number of pyridine rings is 1. The van der Waals surface area contributed by atoms with Gasteiger partial charge in [0.25, 0.3) is 0 Å². The fourth-order valence-corrected chi connectivity index (χ4v) is 4.94. The number of aliphatic hydroxyl groups excluding tert-OH is 3. The maximum Gasteiger partial charge on any atom is 0.136 e. The molecule has 1 aliphatic rings. The number of thiazole rings is 1. The van der Waals surface area contributed by atoms with Gasteiger partial charge in [-0.2, -0.15) is 5.10 Å². The average molecular weight is 441 g/mol. The van der Waals surface area contributed by atoms with E-state index in [4.69, 9.17) is 16.3 Å². The SMILES string of the molecule is OCC1O[C@H](Sc2cncc(Cl)c2)C(O)[C@@H](n2cc(-c3cscn3)cn2)[C@H]1O. The average Bonchev–Trinajstić information content (AvgIpc) is 3.36. The van der Waals surface area contributed by atoms with E-state index in [1.54, 1.807) is 30.2 Å². The Morgan fingerprint density at radius 1 is 1.25 bits per heavy atom. The van der Waals surface area contributed by atoms with Crippen LogP contribution in [0.1, 0.15) is 6.04 Å². The van der Waals surface area contributed by atoms with Crippen LogP contribution in [0.4, 0.5) is 0 Å². The molecule has 4 heterocycles. The van der Waals surface area contributed by atoms with Crippen molar-refractivity contribution < 1.29 is 20.1 Å². The Labute approximate surface area is 173 Å².